The van der Waals surface area contributed by atoms with Gasteiger partial charge in [-0.1, -0.05) is 23.7 Å². The highest BCUT2D eigenvalue weighted by atomic mass is 35.5. The standard InChI is InChI=1S/C11H9ClO3/c1-15-11(14)9-5-4-8(3-2-6-13)7-10(9)12/h2-7H,1H3/b3-2+. The van der Waals surface area contributed by atoms with Crippen LogP contribution < -0.4 is 0 Å². The van der Waals surface area contributed by atoms with Gasteiger partial charge in [-0.25, -0.2) is 4.79 Å². The summed E-state index contributed by atoms with van der Waals surface area (Å²) in [5.41, 5.74) is 1.06. The van der Waals surface area contributed by atoms with Crippen molar-refractivity contribution in [1.82, 2.24) is 0 Å². The second-order valence-corrected chi connectivity index (χ2v) is 3.13. The number of aldehydes is 1. The van der Waals surface area contributed by atoms with Gasteiger partial charge in [0.15, 0.2) is 0 Å². The SMILES string of the molecule is COC(=O)c1ccc(/C=C/C=O)cc1Cl. The van der Waals surface area contributed by atoms with Gasteiger partial charge in [0.05, 0.1) is 17.7 Å². The van der Waals surface area contributed by atoms with E-state index in [4.69, 9.17) is 11.6 Å². The zero-order valence-corrected chi connectivity index (χ0v) is 8.82. The Morgan fingerprint density at radius 3 is 2.73 bits per heavy atom. The predicted molar refractivity (Wildman–Crippen MR) is 57.9 cm³/mol. The minimum atomic E-state index is -0.481. The van der Waals surface area contributed by atoms with Gasteiger partial charge in [-0.15, -0.1) is 0 Å². The van der Waals surface area contributed by atoms with Crippen LogP contribution in [0.5, 0.6) is 0 Å². The number of hydrogen-bond donors (Lipinski definition) is 0. The molecule has 0 bridgehead atoms. The molecule has 0 fully saturated rings. The third-order valence-electron chi connectivity index (χ3n) is 1.77. The molecule has 0 heterocycles. The fourth-order valence-corrected chi connectivity index (χ4v) is 1.33. The highest BCUT2D eigenvalue weighted by Crippen LogP contribution is 2.19. The molecule has 0 amide bonds. The van der Waals surface area contributed by atoms with Crippen molar-refractivity contribution in [3.8, 4) is 0 Å². The second kappa shape index (κ2) is 5.32. The number of benzene rings is 1. The van der Waals surface area contributed by atoms with Gasteiger partial charge < -0.3 is 4.74 Å². The number of allylic oxidation sites excluding steroid dienone is 1. The largest absolute Gasteiger partial charge is 0.465 e. The van der Waals surface area contributed by atoms with E-state index in [1.54, 1.807) is 24.3 Å². The molecule has 0 aliphatic rings. The van der Waals surface area contributed by atoms with Crippen LogP contribution in [-0.4, -0.2) is 19.4 Å². The molecule has 0 spiro atoms. The minimum Gasteiger partial charge on any atom is -0.465 e. The van der Waals surface area contributed by atoms with Crippen LogP contribution in [0, 0.1) is 0 Å². The average molecular weight is 225 g/mol. The highest BCUT2D eigenvalue weighted by Gasteiger charge is 2.09. The molecule has 1 aromatic rings. The molecule has 0 saturated heterocycles. The first-order chi connectivity index (χ1) is 7.19. The number of halogens is 1. The molecule has 15 heavy (non-hydrogen) atoms. The van der Waals surface area contributed by atoms with Crippen LogP contribution in [0.15, 0.2) is 24.3 Å². The van der Waals surface area contributed by atoms with E-state index in [1.165, 1.54) is 13.2 Å². The quantitative estimate of drug-likeness (QED) is 0.450. The van der Waals surface area contributed by atoms with Crippen LogP contribution in [0.4, 0.5) is 0 Å². The number of carbonyl (C=O) groups is 2. The third-order valence-corrected chi connectivity index (χ3v) is 2.08. The number of hydrogen-bond acceptors (Lipinski definition) is 3. The lowest BCUT2D eigenvalue weighted by Crippen LogP contribution is -2.01. The Labute approximate surface area is 92.3 Å². The topological polar surface area (TPSA) is 43.4 Å². The number of carbonyl (C=O) groups excluding carboxylic acids is 2. The molecule has 1 aromatic carbocycles. The second-order valence-electron chi connectivity index (χ2n) is 2.73. The van der Waals surface area contributed by atoms with Crippen molar-refractivity contribution < 1.29 is 14.3 Å². The molecule has 0 radical (unpaired) electrons. The summed E-state index contributed by atoms with van der Waals surface area (Å²) in [6.45, 7) is 0. The number of esters is 1. The molecular weight excluding hydrogens is 216 g/mol. The maximum atomic E-state index is 11.2. The Kier molecular flexibility index (Phi) is 4.06. The summed E-state index contributed by atoms with van der Waals surface area (Å²) in [5, 5.41) is 0.301. The lowest BCUT2D eigenvalue weighted by molar-refractivity contribution is -0.104. The minimum absolute atomic E-state index is 0.301. The van der Waals surface area contributed by atoms with Crippen LogP contribution in [0.1, 0.15) is 15.9 Å². The molecule has 0 unspecified atom stereocenters. The summed E-state index contributed by atoms with van der Waals surface area (Å²) in [6.07, 6.45) is 3.62. The van der Waals surface area contributed by atoms with Crippen molar-refractivity contribution in [3.05, 3.63) is 40.4 Å². The fraction of sp³-hybridized carbons (Fsp3) is 0.0909. The van der Waals surface area contributed by atoms with Gasteiger partial charge in [-0.2, -0.15) is 0 Å². The summed E-state index contributed by atoms with van der Waals surface area (Å²) >= 11 is 5.86. The molecule has 3 nitrogen and oxygen atoms in total. The lowest BCUT2D eigenvalue weighted by Gasteiger charge is -2.02. The summed E-state index contributed by atoms with van der Waals surface area (Å²) in [4.78, 5) is 21.3. The monoisotopic (exact) mass is 224 g/mol. The van der Waals surface area contributed by atoms with Gasteiger partial charge in [0.25, 0.3) is 0 Å². The summed E-state index contributed by atoms with van der Waals surface area (Å²) in [7, 11) is 1.29. The Morgan fingerprint density at radius 2 is 2.20 bits per heavy atom. The van der Waals surface area contributed by atoms with Crippen LogP contribution in [0.3, 0.4) is 0 Å². The zero-order chi connectivity index (χ0) is 11.3. The van der Waals surface area contributed by atoms with Crippen molar-refractivity contribution in [3.63, 3.8) is 0 Å². The van der Waals surface area contributed by atoms with E-state index in [2.05, 4.69) is 4.74 Å². The molecule has 78 valence electrons. The van der Waals surface area contributed by atoms with E-state index in [9.17, 15) is 9.59 Å². The maximum Gasteiger partial charge on any atom is 0.339 e. The van der Waals surface area contributed by atoms with Crippen molar-refractivity contribution in [2.24, 2.45) is 0 Å². The first-order valence-electron chi connectivity index (χ1n) is 4.18. The molecule has 0 N–H and O–H groups in total. The average Bonchev–Trinajstić information content (AvgIpc) is 2.25. The summed E-state index contributed by atoms with van der Waals surface area (Å²) < 4.78 is 4.54. The molecule has 0 aliphatic carbocycles. The number of rotatable bonds is 3. The Morgan fingerprint density at radius 1 is 1.47 bits per heavy atom. The molecule has 0 aliphatic heterocycles. The van der Waals surface area contributed by atoms with Gasteiger partial charge in [0.2, 0.25) is 0 Å². The Bertz CT molecular complexity index is 410. The first-order valence-corrected chi connectivity index (χ1v) is 4.56. The predicted octanol–water partition coefficient (Wildman–Crippen LogP) is 2.34. The number of ether oxygens (including phenoxy) is 1. The van der Waals surface area contributed by atoms with Crippen LogP contribution in [0.25, 0.3) is 6.08 Å². The van der Waals surface area contributed by atoms with Crippen molar-refractivity contribution in [2.75, 3.05) is 7.11 Å². The van der Waals surface area contributed by atoms with Gasteiger partial charge in [-0.05, 0) is 23.8 Å². The molecular formula is C11H9ClO3. The molecule has 0 atom stereocenters. The van der Waals surface area contributed by atoms with Crippen molar-refractivity contribution >= 4 is 29.9 Å². The van der Waals surface area contributed by atoms with Crippen LogP contribution >= 0.6 is 11.6 Å². The Balaban J connectivity index is 3.02. The van der Waals surface area contributed by atoms with Gasteiger partial charge in [0.1, 0.15) is 6.29 Å². The first kappa shape index (κ1) is 11.5. The smallest absolute Gasteiger partial charge is 0.339 e. The van der Waals surface area contributed by atoms with E-state index >= 15 is 0 Å². The lowest BCUT2D eigenvalue weighted by atomic mass is 10.1. The summed E-state index contributed by atoms with van der Waals surface area (Å²) in [5.74, 6) is -0.481. The molecule has 1 rings (SSSR count). The van der Waals surface area contributed by atoms with E-state index in [0.29, 0.717) is 16.9 Å². The van der Waals surface area contributed by atoms with Crippen LogP contribution in [-0.2, 0) is 9.53 Å². The van der Waals surface area contributed by atoms with Crippen LogP contribution in [0.2, 0.25) is 5.02 Å². The van der Waals surface area contributed by atoms with Crippen molar-refractivity contribution in [1.29, 1.82) is 0 Å². The van der Waals surface area contributed by atoms with E-state index < -0.39 is 5.97 Å². The van der Waals surface area contributed by atoms with E-state index in [1.807, 2.05) is 0 Å². The molecule has 4 heteroatoms. The van der Waals surface area contributed by atoms with E-state index in [-0.39, 0.29) is 0 Å². The van der Waals surface area contributed by atoms with Crippen molar-refractivity contribution in [2.45, 2.75) is 0 Å². The highest BCUT2D eigenvalue weighted by molar-refractivity contribution is 6.33. The fourth-order valence-electron chi connectivity index (χ4n) is 1.06. The van der Waals surface area contributed by atoms with Gasteiger partial charge in [0, 0.05) is 0 Å². The van der Waals surface area contributed by atoms with Gasteiger partial charge in [-0.3, -0.25) is 4.79 Å². The molecule has 0 aromatic heterocycles. The third kappa shape index (κ3) is 2.92. The summed E-state index contributed by atoms with van der Waals surface area (Å²) in [6, 6.07) is 4.82. The number of methoxy groups -OCH3 is 1. The van der Waals surface area contributed by atoms with E-state index in [0.717, 1.165) is 5.56 Å². The molecule has 0 saturated carbocycles. The van der Waals surface area contributed by atoms with Gasteiger partial charge >= 0.3 is 5.97 Å². The normalized spacial score (nSPS) is 10.3. The maximum absolute atomic E-state index is 11.2. The Hall–Kier alpha value is -1.61. The zero-order valence-electron chi connectivity index (χ0n) is 8.07.